The molecule has 2 N–H and O–H groups in total. The Bertz CT molecular complexity index is 1340. The largest absolute Gasteiger partial charge is 0.490 e. The van der Waals surface area contributed by atoms with Crippen molar-refractivity contribution < 1.29 is 37.4 Å². The molecule has 0 bridgehead atoms. The number of benzene rings is 3. The molecule has 0 saturated carbocycles. The lowest BCUT2D eigenvalue weighted by molar-refractivity contribution is -0.192. The van der Waals surface area contributed by atoms with E-state index in [1.165, 1.54) is 12.5 Å². The van der Waals surface area contributed by atoms with Crippen LogP contribution in [0.2, 0.25) is 0 Å². The number of aliphatic carboxylic acids is 1. The van der Waals surface area contributed by atoms with Crippen molar-refractivity contribution in [2.45, 2.75) is 44.1 Å². The van der Waals surface area contributed by atoms with Crippen LogP contribution < -0.4 is 5.32 Å². The van der Waals surface area contributed by atoms with Crippen molar-refractivity contribution >= 4 is 23.5 Å². The van der Waals surface area contributed by atoms with Crippen molar-refractivity contribution in [1.82, 2.24) is 9.80 Å². The maximum absolute atomic E-state index is 13.1. The summed E-state index contributed by atoms with van der Waals surface area (Å²) < 4.78 is 38.1. The van der Waals surface area contributed by atoms with Gasteiger partial charge in [-0.25, -0.2) is 4.79 Å². The highest BCUT2D eigenvalue weighted by Gasteiger charge is 2.45. The van der Waals surface area contributed by atoms with Crippen LogP contribution in [0.1, 0.15) is 36.5 Å². The predicted octanol–water partition coefficient (Wildman–Crippen LogP) is 5.05. The summed E-state index contributed by atoms with van der Waals surface area (Å²) in [5.41, 5.74) is 3.53. The number of nitrogens with zero attached hydrogens (tertiary/aromatic N) is 2. The van der Waals surface area contributed by atoms with Gasteiger partial charge in [0.1, 0.15) is 12.2 Å². The summed E-state index contributed by atoms with van der Waals surface area (Å²) in [6.45, 7) is 4.86. The van der Waals surface area contributed by atoms with Crippen molar-refractivity contribution in [3.63, 3.8) is 0 Å². The molecule has 0 atom stereocenters. The standard InChI is InChI=1S/C30H33N3O3.C2HF3O2/c1-23(34)31-27-14-12-24(13-15-27)20-32-18-16-28(17-19-32)33-22-30(36-21-29(33)35,25-8-4-2-5-9-25)26-10-6-3-7-11-26;3-2(4,5)1(6)7/h2-15,28H,16-22H2,1H3,(H,31,34);(H,6,7). The van der Waals surface area contributed by atoms with E-state index >= 15 is 0 Å². The number of rotatable bonds is 6. The molecule has 0 spiro atoms. The Morgan fingerprint density at radius 1 is 0.930 bits per heavy atom. The van der Waals surface area contributed by atoms with E-state index in [-0.39, 0.29) is 24.5 Å². The summed E-state index contributed by atoms with van der Waals surface area (Å²) in [4.78, 5) is 37.7. The zero-order valence-electron chi connectivity index (χ0n) is 23.7. The van der Waals surface area contributed by atoms with Crippen molar-refractivity contribution in [3.05, 3.63) is 102 Å². The van der Waals surface area contributed by atoms with Gasteiger partial charge in [0.05, 0.1) is 6.54 Å². The number of carboxylic acids is 1. The Kier molecular flexibility index (Phi) is 10.2. The minimum Gasteiger partial charge on any atom is -0.475 e. The first kappa shape index (κ1) is 31.7. The van der Waals surface area contributed by atoms with Crippen LogP contribution in [0.25, 0.3) is 0 Å². The Morgan fingerprint density at radius 3 is 1.91 bits per heavy atom. The normalized spacial score (nSPS) is 17.5. The fourth-order valence-corrected chi connectivity index (χ4v) is 5.45. The first-order chi connectivity index (χ1) is 20.5. The molecule has 11 heteroatoms. The number of morpholine rings is 1. The Balaban J connectivity index is 0.000000541. The topological polar surface area (TPSA) is 99.2 Å². The highest BCUT2D eigenvalue weighted by atomic mass is 19.4. The van der Waals surface area contributed by atoms with E-state index in [0.717, 1.165) is 49.3 Å². The molecule has 0 aliphatic carbocycles. The molecular formula is C32H34F3N3O5. The number of carbonyl (C=O) groups excluding carboxylic acids is 2. The van der Waals surface area contributed by atoms with Crippen LogP contribution in [0, 0.1) is 0 Å². The van der Waals surface area contributed by atoms with Gasteiger partial charge in [-0.2, -0.15) is 13.2 Å². The van der Waals surface area contributed by atoms with E-state index in [1.807, 2.05) is 48.5 Å². The summed E-state index contributed by atoms with van der Waals surface area (Å²) >= 11 is 0. The number of alkyl halides is 3. The van der Waals surface area contributed by atoms with E-state index in [0.29, 0.717) is 6.54 Å². The fraction of sp³-hybridized carbons (Fsp3) is 0.344. The first-order valence-electron chi connectivity index (χ1n) is 13.9. The van der Waals surface area contributed by atoms with E-state index in [9.17, 15) is 22.8 Å². The van der Waals surface area contributed by atoms with Crippen LogP contribution in [0.3, 0.4) is 0 Å². The number of hydrogen-bond acceptors (Lipinski definition) is 5. The zero-order chi connectivity index (χ0) is 31.0. The van der Waals surface area contributed by atoms with E-state index in [1.54, 1.807) is 0 Å². The molecule has 2 saturated heterocycles. The van der Waals surface area contributed by atoms with Gasteiger partial charge >= 0.3 is 12.1 Å². The van der Waals surface area contributed by atoms with Crippen LogP contribution in [-0.4, -0.2) is 71.1 Å². The Hall–Kier alpha value is -4.22. The minimum atomic E-state index is -5.08. The number of hydrogen-bond donors (Lipinski definition) is 2. The number of anilines is 1. The number of carbonyl (C=O) groups is 3. The molecule has 228 valence electrons. The fourth-order valence-electron chi connectivity index (χ4n) is 5.45. The van der Waals surface area contributed by atoms with Crippen LogP contribution in [-0.2, 0) is 31.3 Å². The molecule has 5 rings (SSSR count). The number of nitrogens with one attached hydrogen (secondary N) is 1. The van der Waals surface area contributed by atoms with Crippen molar-refractivity contribution in [2.24, 2.45) is 0 Å². The van der Waals surface area contributed by atoms with Gasteiger partial charge < -0.3 is 20.1 Å². The summed E-state index contributed by atoms with van der Waals surface area (Å²) in [6, 6.07) is 28.8. The number of carboxylic acid groups (broad SMARTS) is 1. The Labute approximate surface area is 248 Å². The summed E-state index contributed by atoms with van der Waals surface area (Å²) in [5, 5.41) is 9.94. The minimum absolute atomic E-state index is 0.0639. The third kappa shape index (κ3) is 8.20. The van der Waals surface area contributed by atoms with Crippen molar-refractivity contribution in [2.75, 3.05) is 31.6 Å². The van der Waals surface area contributed by atoms with Crippen molar-refractivity contribution in [1.29, 1.82) is 0 Å². The molecule has 43 heavy (non-hydrogen) atoms. The SMILES string of the molecule is CC(=O)Nc1ccc(CN2CCC(N3CC(c4ccccc4)(c4ccccc4)OCC3=O)CC2)cc1.O=C(O)C(F)(F)F. The third-order valence-electron chi connectivity index (χ3n) is 7.56. The predicted molar refractivity (Wildman–Crippen MR) is 154 cm³/mol. The smallest absolute Gasteiger partial charge is 0.475 e. The quantitative estimate of drug-likeness (QED) is 0.413. The molecule has 0 radical (unpaired) electrons. The van der Waals surface area contributed by atoms with Gasteiger partial charge in [0, 0.05) is 38.3 Å². The van der Waals surface area contributed by atoms with E-state index in [4.69, 9.17) is 14.6 Å². The zero-order valence-corrected chi connectivity index (χ0v) is 23.7. The highest BCUT2D eigenvalue weighted by molar-refractivity contribution is 5.88. The molecule has 2 aliphatic rings. The number of amides is 2. The van der Waals surface area contributed by atoms with E-state index < -0.39 is 17.7 Å². The number of halogens is 3. The molecule has 3 aromatic carbocycles. The average Bonchev–Trinajstić information content (AvgIpc) is 2.99. The van der Waals surface area contributed by atoms with Gasteiger partial charge in [-0.1, -0.05) is 72.8 Å². The number of piperidine rings is 1. The molecule has 2 aliphatic heterocycles. The molecule has 2 fully saturated rings. The number of ether oxygens (including phenoxy) is 1. The average molecular weight is 598 g/mol. The molecule has 3 aromatic rings. The van der Waals surface area contributed by atoms with Crippen LogP contribution >= 0.6 is 0 Å². The lowest BCUT2D eigenvalue weighted by Crippen LogP contribution is -2.58. The lowest BCUT2D eigenvalue weighted by atomic mass is 9.83. The van der Waals surface area contributed by atoms with Gasteiger partial charge in [-0.3, -0.25) is 14.5 Å². The summed E-state index contributed by atoms with van der Waals surface area (Å²) in [6.07, 6.45) is -3.20. The molecule has 0 aromatic heterocycles. The van der Waals surface area contributed by atoms with Crippen LogP contribution in [0.4, 0.5) is 18.9 Å². The second-order valence-electron chi connectivity index (χ2n) is 10.6. The molecule has 2 heterocycles. The molecule has 8 nitrogen and oxygen atoms in total. The van der Waals surface area contributed by atoms with Gasteiger partial charge in [-0.15, -0.1) is 0 Å². The van der Waals surface area contributed by atoms with Gasteiger partial charge in [0.25, 0.3) is 0 Å². The first-order valence-corrected chi connectivity index (χ1v) is 13.9. The van der Waals surface area contributed by atoms with Crippen LogP contribution in [0.5, 0.6) is 0 Å². The summed E-state index contributed by atoms with van der Waals surface area (Å²) in [5.74, 6) is -2.75. The second kappa shape index (κ2) is 13.8. The number of likely N-dealkylation sites (tertiary alicyclic amines) is 1. The van der Waals surface area contributed by atoms with Crippen LogP contribution in [0.15, 0.2) is 84.9 Å². The third-order valence-corrected chi connectivity index (χ3v) is 7.56. The highest BCUT2D eigenvalue weighted by Crippen LogP contribution is 2.38. The second-order valence-corrected chi connectivity index (χ2v) is 10.6. The Morgan fingerprint density at radius 2 is 1.44 bits per heavy atom. The maximum Gasteiger partial charge on any atom is 0.490 e. The van der Waals surface area contributed by atoms with Gasteiger partial charge in [-0.05, 0) is 41.7 Å². The summed E-state index contributed by atoms with van der Waals surface area (Å²) in [7, 11) is 0. The lowest BCUT2D eigenvalue weighted by Gasteiger charge is -2.47. The molecular weight excluding hydrogens is 563 g/mol. The molecule has 0 unspecified atom stereocenters. The van der Waals surface area contributed by atoms with Crippen molar-refractivity contribution in [3.8, 4) is 0 Å². The monoisotopic (exact) mass is 597 g/mol. The van der Waals surface area contributed by atoms with Gasteiger partial charge in [0.2, 0.25) is 11.8 Å². The molecule has 2 amide bonds. The van der Waals surface area contributed by atoms with E-state index in [2.05, 4.69) is 51.5 Å². The van der Waals surface area contributed by atoms with Gasteiger partial charge in [0.15, 0.2) is 0 Å². The maximum atomic E-state index is 13.1.